The number of aromatic nitrogens is 1. The van der Waals surface area contributed by atoms with Gasteiger partial charge in [-0.15, -0.1) is 0 Å². The minimum absolute atomic E-state index is 0.0449. The third-order valence-corrected chi connectivity index (χ3v) is 3.48. The largest absolute Gasteiger partial charge is 0.352 e. The van der Waals surface area contributed by atoms with Crippen LogP contribution in [0.5, 0.6) is 0 Å². The van der Waals surface area contributed by atoms with Crippen LogP contribution in [0, 0.1) is 21.4 Å². The van der Waals surface area contributed by atoms with Crippen molar-refractivity contribution in [2.75, 3.05) is 25.0 Å². The molecule has 1 aromatic rings. The lowest BCUT2D eigenvalue weighted by Gasteiger charge is -2.28. The van der Waals surface area contributed by atoms with Crippen molar-refractivity contribution in [2.45, 2.75) is 25.3 Å². The van der Waals surface area contributed by atoms with Crippen molar-refractivity contribution in [3.63, 3.8) is 0 Å². The molecule has 1 saturated heterocycles. The Labute approximate surface area is 117 Å². The van der Waals surface area contributed by atoms with Gasteiger partial charge in [-0.25, -0.2) is 4.98 Å². The highest BCUT2D eigenvalue weighted by molar-refractivity contribution is 5.65. The molecule has 7 nitrogen and oxygen atoms in total. The molecule has 1 unspecified atom stereocenters. The van der Waals surface area contributed by atoms with E-state index in [1.165, 1.54) is 25.1 Å². The van der Waals surface area contributed by atoms with Crippen molar-refractivity contribution in [2.24, 2.45) is 0 Å². The highest BCUT2D eigenvalue weighted by Gasteiger charge is 2.25. The molecule has 106 valence electrons. The van der Waals surface area contributed by atoms with Crippen molar-refractivity contribution in [1.82, 2.24) is 10.3 Å². The van der Waals surface area contributed by atoms with Gasteiger partial charge < -0.3 is 10.2 Å². The number of rotatable bonds is 4. The molecule has 1 N–H and O–H groups in total. The summed E-state index contributed by atoms with van der Waals surface area (Å²) in [5, 5.41) is 23.5. The molecule has 1 atom stereocenters. The fourth-order valence-electron chi connectivity index (χ4n) is 2.49. The summed E-state index contributed by atoms with van der Waals surface area (Å²) in [6.45, 7) is 1.62. The summed E-state index contributed by atoms with van der Waals surface area (Å²) >= 11 is 0. The fourth-order valence-corrected chi connectivity index (χ4v) is 2.49. The van der Waals surface area contributed by atoms with Crippen LogP contribution in [-0.2, 0) is 0 Å². The highest BCUT2D eigenvalue weighted by atomic mass is 16.6. The number of likely N-dealkylation sites (N-methyl/N-ethyl adjacent to an activating group) is 1. The summed E-state index contributed by atoms with van der Waals surface area (Å²) in [5.41, 5.74) is -0.170. The van der Waals surface area contributed by atoms with E-state index in [0.717, 1.165) is 13.0 Å². The SMILES string of the molecule is CN(CC1CCCCN1)c1nccc(C#N)c1[N+](=O)[O-]. The van der Waals surface area contributed by atoms with Gasteiger partial charge in [0.05, 0.1) is 4.92 Å². The third kappa shape index (κ3) is 3.03. The molecule has 2 heterocycles. The number of anilines is 1. The second-order valence-electron chi connectivity index (χ2n) is 4.93. The summed E-state index contributed by atoms with van der Waals surface area (Å²) in [7, 11) is 1.77. The summed E-state index contributed by atoms with van der Waals surface area (Å²) in [6, 6.07) is 3.53. The first kappa shape index (κ1) is 14.2. The standard InChI is InChI=1S/C13H17N5O2/c1-17(9-11-4-2-3-6-15-11)13-12(18(19)20)10(8-14)5-7-16-13/h5,7,11,15H,2-4,6,9H2,1H3. The molecule has 0 radical (unpaired) electrons. The van der Waals surface area contributed by atoms with E-state index < -0.39 is 4.92 Å². The molecule has 0 amide bonds. The number of piperidine rings is 1. The van der Waals surface area contributed by atoms with Crippen LogP contribution in [0.1, 0.15) is 24.8 Å². The van der Waals surface area contributed by atoms with E-state index in [4.69, 9.17) is 5.26 Å². The Morgan fingerprint density at radius 3 is 3.05 bits per heavy atom. The van der Waals surface area contributed by atoms with Gasteiger partial charge in [-0.3, -0.25) is 10.1 Å². The summed E-state index contributed by atoms with van der Waals surface area (Å²) in [4.78, 5) is 16.5. The predicted octanol–water partition coefficient (Wildman–Crippen LogP) is 1.44. The lowest BCUT2D eigenvalue weighted by molar-refractivity contribution is -0.384. The average Bonchev–Trinajstić information content (AvgIpc) is 2.47. The monoisotopic (exact) mass is 275 g/mol. The van der Waals surface area contributed by atoms with Crippen LogP contribution < -0.4 is 10.2 Å². The zero-order valence-electron chi connectivity index (χ0n) is 11.4. The minimum atomic E-state index is -0.536. The molecule has 20 heavy (non-hydrogen) atoms. The van der Waals surface area contributed by atoms with Crippen LogP contribution >= 0.6 is 0 Å². The number of nitriles is 1. The number of pyridine rings is 1. The van der Waals surface area contributed by atoms with Gasteiger partial charge in [0.15, 0.2) is 0 Å². The Kier molecular flexibility index (Phi) is 4.48. The van der Waals surface area contributed by atoms with Crippen molar-refractivity contribution >= 4 is 11.5 Å². The second kappa shape index (κ2) is 6.30. The molecule has 0 bridgehead atoms. The Morgan fingerprint density at radius 1 is 1.65 bits per heavy atom. The van der Waals surface area contributed by atoms with Gasteiger partial charge in [-0.1, -0.05) is 6.42 Å². The smallest absolute Gasteiger partial charge is 0.329 e. The Bertz CT molecular complexity index is 534. The Balaban J connectivity index is 2.22. The maximum Gasteiger partial charge on any atom is 0.329 e. The van der Waals surface area contributed by atoms with Crippen LogP contribution in [0.4, 0.5) is 11.5 Å². The summed E-state index contributed by atoms with van der Waals surface area (Å²) in [5.74, 6) is 0.251. The second-order valence-corrected chi connectivity index (χ2v) is 4.93. The lowest BCUT2D eigenvalue weighted by atomic mass is 10.0. The number of hydrogen-bond donors (Lipinski definition) is 1. The number of hydrogen-bond acceptors (Lipinski definition) is 6. The molecule has 7 heteroatoms. The van der Waals surface area contributed by atoms with E-state index in [1.54, 1.807) is 11.9 Å². The van der Waals surface area contributed by atoms with Crippen molar-refractivity contribution in [3.05, 3.63) is 27.9 Å². The normalized spacial score (nSPS) is 18.3. The Hall–Kier alpha value is -2.20. The van der Waals surface area contributed by atoms with Gasteiger partial charge in [-0.05, 0) is 25.5 Å². The maximum absolute atomic E-state index is 11.2. The summed E-state index contributed by atoms with van der Waals surface area (Å²) < 4.78 is 0. The van der Waals surface area contributed by atoms with E-state index >= 15 is 0 Å². The molecule has 0 spiro atoms. The third-order valence-electron chi connectivity index (χ3n) is 3.48. The van der Waals surface area contributed by atoms with E-state index in [9.17, 15) is 10.1 Å². The molecule has 0 aliphatic carbocycles. The first-order valence-electron chi connectivity index (χ1n) is 6.61. The van der Waals surface area contributed by atoms with Crippen LogP contribution in [-0.4, -0.2) is 36.1 Å². The van der Waals surface area contributed by atoms with E-state index in [1.807, 2.05) is 6.07 Å². The van der Waals surface area contributed by atoms with Crippen molar-refractivity contribution < 1.29 is 4.92 Å². The van der Waals surface area contributed by atoms with Gasteiger partial charge in [-0.2, -0.15) is 5.26 Å². The van der Waals surface area contributed by atoms with Crippen LogP contribution in [0.25, 0.3) is 0 Å². The molecule has 1 aromatic heterocycles. The van der Waals surface area contributed by atoms with E-state index in [2.05, 4.69) is 10.3 Å². The van der Waals surface area contributed by atoms with E-state index in [-0.39, 0.29) is 17.1 Å². The number of nitro groups is 1. The molecule has 1 aliphatic rings. The van der Waals surface area contributed by atoms with E-state index in [0.29, 0.717) is 12.6 Å². The predicted molar refractivity (Wildman–Crippen MR) is 74.5 cm³/mol. The van der Waals surface area contributed by atoms with Gasteiger partial charge in [0.2, 0.25) is 5.82 Å². The Morgan fingerprint density at radius 2 is 2.45 bits per heavy atom. The van der Waals surface area contributed by atoms with Crippen LogP contribution in [0.2, 0.25) is 0 Å². The lowest BCUT2D eigenvalue weighted by Crippen LogP contribution is -2.42. The molecular weight excluding hydrogens is 258 g/mol. The minimum Gasteiger partial charge on any atom is -0.352 e. The topological polar surface area (TPSA) is 95.1 Å². The van der Waals surface area contributed by atoms with Crippen molar-refractivity contribution in [1.29, 1.82) is 5.26 Å². The highest BCUT2D eigenvalue weighted by Crippen LogP contribution is 2.28. The quantitative estimate of drug-likeness (QED) is 0.660. The molecule has 1 aliphatic heterocycles. The fraction of sp³-hybridized carbons (Fsp3) is 0.538. The van der Waals surface area contributed by atoms with Crippen LogP contribution in [0.3, 0.4) is 0 Å². The summed E-state index contributed by atoms with van der Waals surface area (Å²) in [6.07, 6.45) is 4.82. The molecule has 2 rings (SSSR count). The van der Waals surface area contributed by atoms with Gasteiger partial charge in [0.1, 0.15) is 11.6 Å². The number of nitrogens with zero attached hydrogens (tertiary/aromatic N) is 4. The zero-order valence-corrected chi connectivity index (χ0v) is 11.4. The van der Waals surface area contributed by atoms with Gasteiger partial charge in [0.25, 0.3) is 0 Å². The average molecular weight is 275 g/mol. The maximum atomic E-state index is 11.2. The van der Waals surface area contributed by atoms with Gasteiger partial charge >= 0.3 is 5.69 Å². The van der Waals surface area contributed by atoms with Crippen molar-refractivity contribution in [3.8, 4) is 6.07 Å². The van der Waals surface area contributed by atoms with Gasteiger partial charge in [0, 0.05) is 25.8 Å². The molecule has 0 saturated carbocycles. The number of nitrogens with one attached hydrogen (secondary N) is 1. The molecule has 1 fully saturated rings. The molecular formula is C13H17N5O2. The molecule has 0 aromatic carbocycles. The zero-order chi connectivity index (χ0) is 14.5. The first-order chi connectivity index (χ1) is 9.63. The first-order valence-corrected chi connectivity index (χ1v) is 6.61. The van der Waals surface area contributed by atoms with Crippen LogP contribution in [0.15, 0.2) is 12.3 Å².